The van der Waals surface area contributed by atoms with Crippen molar-refractivity contribution in [3.8, 4) is 0 Å². The van der Waals surface area contributed by atoms with Crippen LogP contribution in [0.3, 0.4) is 0 Å². The van der Waals surface area contributed by atoms with Crippen LogP contribution in [0.15, 0.2) is 6.20 Å². The van der Waals surface area contributed by atoms with E-state index >= 15 is 0 Å². The van der Waals surface area contributed by atoms with Gasteiger partial charge in [-0.15, -0.1) is 12.4 Å². The Labute approximate surface area is 118 Å². The largest absolute Gasteiger partial charge is 0.481 e. The summed E-state index contributed by atoms with van der Waals surface area (Å²) in [6.45, 7) is 2.12. The van der Waals surface area contributed by atoms with Crippen molar-refractivity contribution < 1.29 is 14.6 Å². The lowest BCUT2D eigenvalue weighted by atomic mass is 9.96. The summed E-state index contributed by atoms with van der Waals surface area (Å²) in [6, 6.07) is 0. The Bertz CT molecular complexity index is 455. The van der Waals surface area contributed by atoms with Gasteiger partial charge in [0, 0.05) is 31.0 Å². The Kier molecular flexibility index (Phi) is 4.47. The molecule has 2 aliphatic heterocycles. The van der Waals surface area contributed by atoms with Crippen molar-refractivity contribution in [3.63, 3.8) is 0 Å². The van der Waals surface area contributed by atoms with Gasteiger partial charge in [-0.25, -0.2) is 4.98 Å². The maximum Gasteiger partial charge on any atom is 0.308 e. The van der Waals surface area contributed by atoms with Gasteiger partial charge in [0.25, 0.3) is 0 Å². The van der Waals surface area contributed by atoms with Gasteiger partial charge in [-0.1, -0.05) is 0 Å². The molecule has 0 bridgehead atoms. The number of fused-ring (bicyclic) bond motifs is 1. The number of carbonyl (C=O) groups is 1. The third kappa shape index (κ3) is 2.77. The predicted octanol–water partition coefficient (Wildman–Crippen LogP) is 1.85. The van der Waals surface area contributed by atoms with Crippen LogP contribution in [0, 0.1) is 5.92 Å². The van der Waals surface area contributed by atoms with Gasteiger partial charge < -0.3 is 14.4 Å². The van der Waals surface area contributed by atoms with Crippen LogP contribution in [-0.2, 0) is 22.5 Å². The number of ether oxygens (including phenoxy) is 1. The number of carboxylic acids is 1. The third-order valence-corrected chi connectivity index (χ3v) is 4.00. The van der Waals surface area contributed by atoms with E-state index in [4.69, 9.17) is 9.84 Å². The standard InChI is InChI=1S/C13H18N2O3.ClH/c16-13(17)9-3-4-11-6-14-12(15(11)7-9)10-2-1-5-18-8-10;/h6,9-10H,1-5,7-8H2,(H,16,17);1H. The highest BCUT2D eigenvalue weighted by Gasteiger charge is 2.29. The Morgan fingerprint density at radius 3 is 3.00 bits per heavy atom. The van der Waals surface area contributed by atoms with E-state index in [-0.39, 0.29) is 18.3 Å². The minimum absolute atomic E-state index is 0. The van der Waals surface area contributed by atoms with Crippen molar-refractivity contribution in [3.05, 3.63) is 17.7 Å². The van der Waals surface area contributed by atoms with E-state index in [1.54, 1.807) is 0 Å². The zero-order valence-corrected chi connectivity index (χ0v) is 11.6. The lowest BCUT2D eigenvalue weighted by Crippen LogP contribution is -2.29. The van der Waals surface area contributed by atoms with Crippen molar-refractivity contribution in [2.75, 3.05) is 13.2 Å². The van der Waals surface area contributed by atoms with Gasteiger partial charge in [-0.05, 0) is 25.7 Å². The second-order valence-corrected chi connectivity index (χ2v) is 5.21. The zero-order valence-electron chi connectivity index (χ0n) is 10.7. The van der Waals surface area contributed by atoms with E-state index in [2.05, 4.69) is 9.55 Å². The van der Waals surface area contributed by atoms with Crippen LogP contribution in [0.2, 0.25) is 0 Å². The second kappa shape index (κ2) is 5.92. The topological polar surface area (TPSA) is 64.3 Å². The van der Waals surface area contributed by atoms with Crippen molar-refractivity contribution >= 4 is 18.4 Å². The number of aliphatic carboxylic acids is 1. The van der Waals surface area contributed by atoms with Gasteiger partial charge in [0.15, 0.2) is 0 Å². The molecule has 1 N–H and O–H groups in total. The minimum Gasteiger partial charge on any atom is -0.481 e. The van der Waals surface area contributed by atoms with Gasteiger partial charge in [0.2, 0.25) is 0 Å². The number of carboxylic acid groups (broad SMARTS) is 1. The maximum atomic E-state index is 11.1. The van der Waals surface area contributed by atoms with Gasteiger partial charge in [-0.3, -0.25) is 4.79 Å². The molecule has 3 heterocycles. The van der Waals surface area contributed by atoms with E-state index in [0.717, 1.165) is 38.1 Å². The summed E-state index contributed by atoms with van der Waals surface area (Å²) >= 11 is 0. The summed E-state index contributed by atoms with van der Waals surface area (Å²) in [7, 11) is 0. The molecule has 1 aromatic rings. The molecule has 1 fully saturated rings. The van der Waals surface area contributed by atoms with Crippen molar-refractivity contribution in [2.45, 2.75) is 38.1 Å². The summed E-state index contributed by atoms with van der Waals surface area (Å²) in [5.74, 6) is 0.394. The Morgan fingerprint density at radius 2 is 2.32 bits per heavy atom. The van der Waals surface area contributed by atoms with Gasteiger partial charge in [0.05, 0.1) is 12.5 Å². The zero-order chi connectivity index (χ0) is 12.5. The average Bonchev–Trinajstić information content (AvgIpc) is 2.82. The molecule has 0 spiro atoms. The molecule has 19 heavy (non-hydrogen) atoms. The summed E-state index contributed by atoms with van der Waals surface area (Å²) in [5.41, 5.74) is 1.17. The number of hydrogen-bond donors (Lipinski definition) is 1. The lowest BCUT2D eigenvalue weighted by molar-refractivity contribution is -0.142. The van der Waals surface area contributed by atoms with E-state index in [1.807, 2.05) is 6.20 Å². The van der Waals surface area contributed by atoms with E-state index in [9.17, 15) is 4.79 Å². The SMILES string of the molecule is Cl.O=C(O)C1CCc2cnc(C3CCCOC3)n2C1. The van der Waals surface area contributed by atoms with Gasteiger partial charge in [0.1, 0.15) is 5.82 Å². The fourth-order valence-corrected chi connectivity index (χ4v) is 2.94. The van der Waals surface area contributed by atoms with Crippen molar-refractivity contribution in [1.82, 2.24) is 9.55 Å². The number of aromatic nitrogens is 2. The fourth-order valence-electron chi connectivity index (χ4n) is 2.94. The van der Waals surface area contributed by atoms with E-state index in [1.165, 1.54) is 5.69 Å². The summed E-state index contributed by atoms with van der Waals surface area (Å²) in [4.78, 5) is 15.6. The number of halogens is 1. The number of imidazole rings is 1. The monoisotopic (exact) mass is 286 g/mol. The highest BCUT2D eigenvalue weighted by atomic mass is 35.5. The predicted molar refractivity (Wildman–Crippen MR) is 71.7 cm³/mol. The molecule has 2 aliphatic rings. The molecule has 3 rings (SSSR count). The fraction of sp³-hybridized carbons (Fsp3) is 0.692. The second-order valence-electron chi connectivity index (χ2n) is 5.21. The molecular formula is C13H19ClN2O3. The summed E-state index contributed by atoms with van der Waals surface area (Å²) in [6.07, 6.45) is 5.60. The van der Waals surface area contributed by atoms with Crippen LogP contribution in [0.25, 0.3) is 0 Å². The molecule has 0 radical (unpaired) electrons. The number of aryl methyl sites for hydroxylation is 1. The molecule has 106 valence electrons. The molecule has 2 atom stereocenters. The smallest absolute Gasteiger partial charge is 0.308 e. The van der Waals surface area contributed by atoms with Gasteiger partial charge in [-0.2, -0.15) is 0 Å². The quantitative estimate of drug-likeness (QED) is 0.901. The molecular weight excluding hydrogens is 268 g/mol. The van der Waals surface area contributed by atoms with Crippen LogP contribution in [0.5, 0.6) is 0 Å². The first-order chi connectivity index (χ1) is 8.75. The summed E-state index contributed by atoms with van der Waals surface area (Å²) < 4.78 is 7.61. The van der Waals surface area contributed by atoms with Crippen LogP contribution in [0.1, 0.15) is 36.7 Å². The molecule has 1 saturated heterocycles. The molecule has 5 nitrogen and oxygen atoms in total. The lowest BCUT2D eigenvalue weighted by Gasteiger charge is -2.27. The van der Waals surface area contributed by atoms with E-state index in [0.29, 0.717) is 19.1 Å². The Hall–Kier alpha value is -1.07. The Balaban J connectivity index is 0.00000133. The third-order valence-electron chi connectivity index (χ3n) is 4.00. The normalized spacial score (nSPS) is 26.3. The molecule has 0 amide bonds. The Morgan fingerprint density at radius 1 is 1.47 bits per heavy atom. The van der Waals surface area contributed by atoms with Crippen LogP contribution >= 0.6 is 12.4 Å². The number of rotatable bonds is 2. The molecule has 0 aliphatic carbocycles. The number of nitrogens with zero attached hydrogens (tertiary/aromatic N) is 2. The molecule has 6 heteroatoms. The molecule has 1 aromatic heterocycles. The molecule has 0 saturated carbocycles. The van der Waals surface area contributed by atoms with Crippen LogP contribution < -0.4 is 0 Å². The van der Waals surface area contributed by atoms with Crippen molar-refractivity contribution in [1.29, 1.82) is 0 Å². The first kappa shape index (κ1) is 14.3. The molecule has 2 unspecified atom stereocenters. The van der Waals surface area contributed by atoms with Gasteiger partial charge >= 0.3 is 5.97 Å². The minimum atomic E-state index is -0.694. The highest BCUT2D eigenvalue weighted by Crippen LogP contribution is 2.29. The molecule has 0 aromatic carbocycles. The number of hydrogen-bond acceptors (Lipinski definition) is 3. The highest BCUT2D eigenvalue weighted by molar-refractivity contribution is 5.85. The first-order valence-electron chi connectivity index (χ1n) is 6.60. The first-order valence-corrected chi connectivity index (χ1v) is 6.60. The van der Waals surface area contributed by atoms with Crippen molar-refractivity contribution in [2.24, 2.45) is 5.92 Å². The maximum absolute atomic E-state index is 11.1. The summed E-state index contributed by atoms with van der Waals surface area (Å²) in [5, 5.41) is 9.14. The van der Waals surface area contributed by atoms with E-state index < -0.39 is 5.97 Å². The van der Waals surface area contributed by atoms with Crippen LogP contribution in [-0.4, -0.2) is 33.8 Å². The van der Waals surface area contributed by atoms with Crippen LogP contribution in [0.4, 0.5) is 0 Å². The average molecular weight is 287 g/mol.